The van der Waals surface area contributed by atoms with Gasteiger partial charge in [-0.2, -0.15) is 9.98 Å². The van der Waals surface area contributed by atoms with Crippen LogP contribution in [0.25, 0.3) is 10.6 Å². The smallest absolute Gasteiger partial charge is 0.321 e. The lowest BCUT2D eigenvalue weighted by Crippen LogP contribution is -2.31. The van der Waals surface area contributed by atoms with Crippen molar-refractivity contribution in [1.29, 1.82) is 5.26 Å². The van der Waals surface area contributed by atoms with Crippen molar-refractivity contribution >= 4 is 27.3 Å². The van der Waals surface area contributed by atoms with Gasteiger partial charge < -0.3 is 4.74 Å². The summed E-state index contributed by atoms with van der Waals surface area (Å²) in [5.41, 5.74) is 1.54. The lowest BCUT2D eigenvalue weighted by Gasteiger charge is -2.08. The molecular weight excluding hydrogens is 398 g/mol. The van der Waals surface area contributed by atoms with Crippen LogP contribution in [0.4, 0.5) is 0 Å². The zero-order chi connectivity index (χ0) is 20.0. The summed E-state index contributed by atoms with van der Waals surface area (Å²) in [6.07, 6.45) is 0. The molecule has 0 fully saturated rings. The predicted octanol–water partition coefficient (Wildman–Crippen LogP) is 2.70. The average Bonchev–Trinajstić information content (AvgIpc) is 3.20. The molecular formula is C19H15N3O4S2. The van der Waals surface area contributed by atoms with Crippen molar-refractivity contribution < 1.29 is 17.9 Å². The highest BCUT2D eigenvalue weighted by molar-refractivity contribution is 7.89. The van der Waals surface area contributed by atoms with E-state index >= 15 is 0 Å². The van der Waals surface area contributed by atoms with Gasteiger partial charge in [-0.05, 0) is 12.1 Å². The first kappa shape index (κ1) is 19.7. The maximum atomic E-state index is 12.3. The Kier molecular flexibility index (Phi) is 6.16. The van der Waals surface area contributed by atoms with Gasteiger partial charge in [0.15, 0.2) is 0 Å². The number of rotatable bonds is 7. The summed E-state index contributed by atoms with van der Waals surface area (Å²) in [5, 5.41) is 11.6. The van der Waals surface area contributed by atoms with Crippen LogP contribution in [0.2, 0.25) is 0 Å². The zero-order valence-corrected chi connectivity index (χ0v) is 16.2. The number of ether oxygens (including phenoxy) is 1. The van der Waals surface area contributed by atoms with Crippen molar-refractivity contribution in [3.8, 4) is 16.6 Å². The number of nitrogens with zero attached hydrogens (tertiary/aromatic N) is 2. The molecule has 3 aromatic rings. The number of carbonyl (C=O) groups excluding carboxylic acids is 1. The van der Waals surface area contributed by atoms with Crippen LogP contribution in [0.1, 0.15) is 11.3 Å². The van der Waals surface area contributed by atoms with E-state index in [4.69, 9.17) is 10.00 Å². The van der Waals surface area contributed by atoms with E-state index in [1.54, 1.807) is 11.4 Å². The number of benzene rings is 2. The first-order chi connectivity index (χ1) is 13.5. The van der Waals surface area contributed by atoms with Crippen molar-refractivity contribution in [3.05, 3.63) is 71.2 Å². The van der Waals surface area contributed by atoms with E-state index in [0.29, 0.717) is 5.69 Å². The molecule has 0 saturated carbocycles. The fourth-order valence-corrected chi connectivity index (χ4v) is 4.25. The van der Waals surface area contributed by atoms with Crippen LogP contribution < -0.4 is 4.72 Å². The highest BCUT2D eigenvalue weighted by Crippen LogP contribution is 2.23. The molecule has 0 bridgehead atoms. The van der Waals surface area contributed by atoms with Gasteiger partial charge in [-0.25, -0.2) is 13.4 Å². The molecule has 0 atom stereocenters. The van der Waals surface area contributed by atoms with Gasteiger partial charge in [-0.1, -0.05) is 42.5 Å². The van der Waals surface area contributed by atoms with Crippen molar-refractivity contribution in [1.82, 2.24) is 9.71 Å². The number of thiazole rings is 1. The Morgan fingerprint density at radius 1 is 1.14 bits per heavy atom. The molecule has 0 aliphatic carbocycles. The van der Waals surface area contributed by atoms with Crippen molar-refractivity contribution in [2.24, 2.45) is 0 Å². The third-order valence-electron chi connectivity index (χ3n) is 3.66. The second kappa shape index (κ2) is 8.75. The van der Waals surface area contributed by atoms with Gasteiger partial charge in [0.05, 0.1) is 16.2 Å². The normalized spacial score (nSPS) is 11.0. The Morgan fingerprint density at radius 3 is 2.61 bits per heavy atom. The molecule has 0 unspecified atom stereocenters. The second-order valence-corrected chi connectivity index (χ2v) is 8.20. The van der Waals surface area contributed by atoms with E-state index in [1.165, 1.54) is 29.5 Å². The number of carbonyl (C=O) groups is 1. The highest BCUT2D eigenvalue weighted by atomic mass is 32.2. The van der Waals surface area contributed by atoms with Crippen molar-refractivity contribution in [3.63, 3.8) is 0 Å². The number of aromatic nitrogens is 1. The summed E-state index contributed by atoms with van der Waals surface area (Å²) in [5.74, 6) is -0.743. The minimum atomic E-state index is -4.00. The Bertz CT molecular complexity index is 1120. The Morgan fingerprint density at radius 2 is 1.86 bits per heavy atom. The van der Waals surface area contributed by atoms with Gasteiger partial charge in [0.2, 0.25) is 10.0 Å². The third-order valence-corrected chi connectivity index (χ3v) is 6.06. The molecule has 0 amide bonds. The zero-order valence-electron chi connectivity index (χ0n) is 14.5. The summed E-state index contributed by atoms with van der Waals surface area (Å²) in [4.78, 5) is 16.1. The number of hydrogen-bond acceptors (Lipinski definition) is 7. The number of esters is 1. The molecule has 0 saturated heterocycles. The number of hydrogen-bond donors (Lipinski definition) is 1. The van der Waals surface area contributed by atoms with Crippen LogP contribution in [-0.2, 0) is 26.2 Å². The lowest BCUT2D eigenvalue weighted by atomic mass is 10.2. The van der Waals surface area contributed by atoms with Gasteiger partial charge in [-0.3, -0.25) is 4.79 Å². The molecule has 1 N–H and O–H groups in total. The fraction of sp³-hybridized carbons (Fsp3) is 0.105. The number of nitrogens with one attached hydrogen (secondary N) is 1. The number of nitriles is 1. The van der Waals surface area contributed by atoms with Crippen molar-refractivity contribution in [2.45, 2.75) is 11.5 Å². The Hall–Kier alpha value is -3.06. The molecule has 28 heavy (non-hydrogen) atoms. The quantitative estimate of drug-likeness (QED) is 0.597. The van der Waals surface area contributed by atoms with E-state index in [-0.39, 0.29) is 17.1 Å². The molecule has 2 aromatic carbocycles. The first-order valence-corrected chi connectivity index (χ1v) is 10.5. The van der Waals surface area contributed by atoms with Gasteiger partial charge in [0, 0.05) is 10.9 Å². The minimum absolute atomic E-state index is 0.000665. The monoisotopic (exact) mass is 413 g/mol. The Labute approximate surface area is 166 Å². The van der Waals surface area contributed by atoms with Crippen LogP contribution >= 0.6 is 11.3 Å². The topological polar surface area (TPSA) is 109 Å². The van der Waals surface area contributed by atoms with Gasteiger partial charge in [-0.15, -0.1) is 11.3 Å². The summed E-state index contributed by atoms with van der Waals surface area (Å²) >= 11 is 1.43. The molecule has 0 aliphatic rings. The van der Waals surface area contributed by atoms with E-state index in [0.717, 1.165) is 10.6 Å². The largest absolute Gasteiger partial charge is 0.458 e. The van der Waals surface area contributed by atoms with Gasteiger partial charge in [0.1, 0.15) is 24.2 Å². The molecule has 0 aliphatic heterocycles. The standard InChI is InChI=1S/C19H15N3O4S2/c20-10-15-8-4-5-9-17(15)28(24,25)21-11-18(23)26-12-16-13-27-19(22-16)14-6-2-1-3-7-14/h1-9,13,21H,11-12H2. The summed E-state index contributed by atoms with van der Waals surface area (Å²) in [6, 6.07) is 17.2. The van der Waals surface area contributed by atoms with Gasteiger partial charge in [0.25, 0.3) is 0 Å². The van der Waals surface area contributed by atoms with Crippen LogP contribution in [-0.4, -0.2) is 25.9 Å². The molecule has 142 valence electrons. The van der Waals surface area contributed by atoms with E-state index in [1.807, 2.05) is 36.4 Å². The Balaban J connectivity index is 1.55. The summed E-state index contributed by atoms with van der Waals surface area (Å²) in [6.45, 7) is -0.601. The van der Waals surface area contributed by atoms with E-state index in [2.05, 4.69) is 9.71 Å². The maximum absolute atomic E-state index is 12.3. The summed E-state index contributed by atoms with van der Waals surface area (Å²) < 4.78 is 31.8. The molecule has 1 heterocycles. The van der Waals surface area contributed by atoms with Crippen LogP contribution in [0, 0.1) is 11.3 Å². The SMILES string of the molecule is N#Cc1ccccc1S(=O)(=O)NCC(=O)OCc1csc(-c2ccccc2)n1. The van der Waals surface area contributed by atoms with Gasteiger partial charge >= 0.3 is 5.97 Å². The van der Waals surface area contributed by atoms with Crippen LogP contribution in [0.15, 0.2) is 64.9 Å². The van der Waals surface area contributed by atoms with Crippen LogP contribution in [0.3, 0.4) is 0 Å². The fourth-order valence-electron chi connectivity index (χ4n) is 2.32. The second-order valence-electron chi connectivity index (χ2n) is 5.60. The third kappa shape index (κ3) is 4.80. The first-order valence-electron chi connectivity index (χ1n) is 8.14. The maximum Gasteiger partial charge on any atom is 0.321 e. The minimum Gasteiger partial charge on any atom is -0.458 e. The molecule has 3 rings (SSSR count). The molecule has 0 radical (unpaired) electrons. The molecule has 9 heteroatoms. The summed E-state index contributed by atoms with van der Waals surface area (Å²) in [7, 11) is -4.00. The average molecular weight is 413 g/mol. The van der Waals surface area contributed by atoms with Crippen LogP contribution in [0.5, 0.6) is 0 Å². The lowest BCUT2D eigenvalue weighted by molar-refractivity contribution is -0.143. The van der Waals surface area contributed by atoms with Crippen molar-refractivity contribution in [2.75, 3.05) is 6.54 Å². The molecule has 0 spiro atoms. The highest BCUT2D eigenvalue weighted by Gasteiger charge is 2.19. The number of sulfonamides is 1. The van der Waals surface area contributed by atoms with E-state index < -0.39 is 22.5 Å². The van der Waals surface area contributed by atoms with E-state index in [9.17, 15) is 13.2 Å². The molecule has 1 aromatic heterocycles. The molecule has 7 nitrogen and oxygen atoms in total. The predicted molar refractivity (Wildman–Crippen MR) is 104 cm³/mol.